The summed E-state index contributed by atoms with van der Waals surface area (Å²) in [4.78, 5) is 12.3. The average molecular weight is 462 g/mol. The normalized spacial score (nSPS) is 10.8. The smallest absolute Gasteiger partial charge is 0.264 e. The number of aromatic nitrogens is 3. The zero-order valence-electron chi connectivity index (χ0n) is 16.7. The summed E-state index contributed by atoms with van der Waals surface area (Å²) in [5, 5.41) is 15.7. The fraction of sp³-hybridized carbons (Fsp3) is 0.158. The Morgan fingerprint density at radius 2 is 1.87 bits per heavy atom. The van der Waals surface area contributed by atoms with Crippen LogP contribution in [0.5, 0.6) is 11.5 Å². The first-order chi connectivity index (χ1) is 15.0. The Morgan fingerprint density at radius 1 is 1.19 bits per heavy atom. The van der Waals surface area contributed by atoms with Gasteiger partial charge in [0.25, 0.3) is 5.95 Å². The molecule has 3 rings (SSSR count). The number of hydrogen-bond donors (Lipinski definition) is 3. The summed E-state index contributed by atoms with van der Waals surface area (Å²) in [6, 6.07) is 12.3. The van der Waals surface area contributed by atoms with Crippen molar-refractivity contribution in [1.29, 1.82) is 0 Å². The van der Waals surface area contributed by atoms with Crippen LogP contribution in [0, 0.1) is 0 Å². The molecular weight excluding hydrogens is 442 g/mol. The second-order valence-electron chi connectivity index (χ2n) is 6.04. The van der Waals surface area contributed by atoms with Gasteiger partial charge in [-0.15, -0.1) is 10.2 Å². The van der Waals surface area contributed by atoms with Gasteiger partial charge in [0.2, 0.25) is 11.1 Å². The van der Waals surface area contributed by atoms with Crippen LogP contribution in [0.15, 0.2) is 52.7 Å². The number of carbonyl (C=O) groups excluding carboxylic acids is 1. The van der Waals surface area contributed by atoms with Crippen molar-refractivity contribution in [3.05, 3.63) is 53.1 Å². The van der Waals surface area contributed by atoms with Gasteiger partial charge in [-0.1, -0.05) is 35.5 Å². The average Bonchev–Trinajstić information content (AvgIpc) is 3.12. The predicted molar refractivity (Wildman–Crippen MR) is 122 cm³/mol. The van der Waals surface area contributed by atoms with Gasteiger partial charge in [-0.05, 0) is 17.7 Å². The summed E-state index contributed by atoms with van der Waals surface area (Å²) in [7, 11) is 3.07. The number of nitrogen functional groups attached to an aromatic ring is 1. The number of halogens is 1. The maximum absolute atomic E-state index is 12.3. The van der Waals surface area contributed by atoms with Gasteiger partial charge >= 0.3 is 0 Å². The van der Waals surface area contributed by atoms with Gasteiger partial charge in [0.15, 0.2) is 0 Å². The molecule has 0 aliphatic rings. The van der Waals surface area contributed by atoms with Crippen LogP contribution in [-0.4, -0.2) is 47.0 Å². The van der Waals surface area contributed by atoms with Gasteiger partial charge in [0, 0.05) is 28.9 Å². The number of methoxy groups -OCH3 is 2. The number of hydrazone groups is 1. The van der Waals surface area contributed by atoms with Crippen molar-refractivity contribution in [2.45, 2.75) is 5.16 Å². The van der Waals surface area contributed by atoms with Gasteiger partial charge in [-0.2, -0.15) is 5.10 Å². The monoisotopic (exact) mass is 461 g/mol. The third-order valence-corrected chi connectivity index (χ3v) is 5.08. The molecule has 162 valence electrons. The van der Waals surface area contributed by atoms with Gasteiger partial charge in [-0.3, -0.25) is 4.79 Å². The van der Waals surface area contributed by atoms with Crippen LogP contribution in [0.4, 0.5) is 11.6 Å². The molecule has 0 atom stereocenters. The minimum atomic E-state index is -0.251. The van der Waals surface area contributed by atoms with E-state index in [2.05, 4.69) is 26.0 Å². The summed E-state index contributed by atoms with van der Waals surface area (Å²) in [6.07, 6.45) is 1.59. The lowest BCUT2D eigenvalue weighted by atomic mass is 10.2. The minimum absolute atomic E-state index is 0.0723. The third-order valence-electron chi connectivity index (χ3n) is 3.88. The number of nitrogens with zero attached hydrogens (tertiary/aromatic N) is 4. The fourth-order valence-corrected chi connectivity index (χ4v) is 3.15. The lowest BCUT2D eigenvalue weighted by Crippen LogP contribution is -2.17. The number of carbonyl (C=O) groups is 1. The van der Waals surface area contributed by atoms with Crippen LogP contribution in [0.25, 0.3) is 0 Å². The first-order valence-corrected chi connectivity index (χ1v) is 10.3. The van der Waals surface area contributed by atoms with Crippen LogP contribution in [0.3, 0.4) is 0 Å². The van der Waals surface area contributed by atoms with Crippen molar-refractivity contribution >= 4 is 47.1 Å². The van der Waals surface area contributed by atoms with Crippen molar-refractivity contribution in [2.75, 3.05) is 36.6 Å². The Bertz CT molecular complexity index is 1050. The third kappa shape index (κ3) is 6.27. The van der Waals surface area contributed by atoms with E-state index in [0.29, 0.717) is 27.4 Å². The highest BCUT2D eigenvalue weighted by molar-refractivity contribution is 7.99. The maximum atomic E-state index is 12.3. The summed E-state index contributed by atoms with van der Waals surface area (Å²) < 4.78 is 11.6. The summed E-state index contributed by atoms with van der Waals surface area (Å²) in [6.45, 7) is 0. The molecule has 0 fully saturated rings. The molecule has 0 radical (unpaired) electrons. The Kier molecular flexibility index (Phi) is 7.57. The first kappa shape index (κ1) is 22.2. The Labute approximate surface area is 187 Å². The second kappa shape index (κ2) is 10.5. The van der Waals surface area contributed by atoms with Crippen molar-refractivity contribution < 1.29 is 14.3 Å². The van der Waals surface area contributed by atoms with Crippen molar-refractivity contribution in [3.63, 3.8) is 0 Å². The van der Waals surface area contributed by atoms with Crippen molar-refractivity contribution in [2.24, 2.45) is 5.10 Å². The highest BCUT2D eigenvalue weighted by atomic mass is 35.5. The fourth-order valence-electron chi connectivity index (χ4n) is 2.37. The first-order valence-electron chi connectivity index (χ1n) is 8.89. The number of amides is 1. The summed E-state index contributed by atoms with van der Waals surface area (Å²) in [5.74, 6) is 7.15. The number of thioether (sulfide) groups is 1. The molecule has 12 heteroatoms. The lowest BCUT2D eigenvalue weighted by molar-refractivity contribution is -0.113. The van der Waals surface area contributed by atoms with E-state index in [4.69, 9.17) is 26.9 Å². The van der Waals surface area contributed by atoms with E-state index in [1.54, 1.807) is 36.5 Å². The van der Waals surface area contributed by atoms with Gasteiger partial charge in [0.05, 0.1) is 26.2 Å². The van der Waals surface area contributed by atoms with Crippen molar-refractivity contribution in [1.82, 2.24) is 14.9 Å². The number of nitrogens with one attached hydrogen (secondary N) is 2. The van der Waals surface area contributed by atoms with E-state index < -0.39 is 0 Å². The number of anilines is 2. The van der Waals surface area contributed by atoms with Crippen LogP contribution >= 0.6 is 23.4 Å². The van der Waals surface area contributed by atoms with E-state index in [0.717, 1.165) is 17.3 Å². The largest absolute Gasteiger partial charge is 0.497 e. The van der Waals surface area contributed by atoms with Crippen LogP contribution in [-0.2, 0) is 4.79 Å². The number of ether oxygens (including phenoxy) is 2. The second-order valence-corrected chi connectivity index (χ2v) is 7.41. The Morgan fingerprint density at radius 3 is 2.52 bits per heavy atom. The topological polar surface area (TPSA) is 129 Å². The quantitative estimate of drug-likeness (QED) is 0.192. The van der Waals surface area contributed by atoms with Gasteiger partial charge < -0.3 is 20.6 Å². The van der Waals surface area contributed by atoms with E-state index in [9.17, 15) is 4.79 Å². The maximum Gasteiger partial charge on any atom is 0.264 e. The van der Waals surface area contributed by atoms with E-state index in [1.807, 2.05) is 12.1 Å². The molecule has 1 heterocycles. The molecule has 1 aromatic heterocycles. The summed E-state index contributed by atoms with van der Waals surface area (Å²) in [5.41, 5.74) is 4.11. The number of hydrogen-bond acceptors (Lipinski definition) is 9. The zero-order valence-corrected chi connectivity index (χ0v) is 18.3. The van der Waals surface area contributed by atoms with E-state index in [-0.39, 0.29) is 17.6 Å². The molecule has 0 bridgehead atoms. The number of nitrogens with two attached hydrogens (primary N) is 1. The molecule has 4 N–H and O–H groups in total. The lowest BCUT2D eigenvalue weighted by Gasteiger charge is -2.09. The highest BCUT2D eigenvalue weighted by Gasteiger charge is 2.13. The van der Waals surface area contributed by atoms with Crippen LogP contribution < -0.4 is 26.1 Å². The van der Waals surface area contributed by atoms with E-state index >= 15 is 0 Å². The molecule has 0 spiro atoms. The zero-order chi connectivity index (χ0) is 22.2. The Balaban J connectivity index is 1.54. The van der Waals surface area contributed by atoms with Gasteiger partial charge in [-0.25, -0.2) is 10.1 Å². The minimum Gasteiger partial charge on any atom is -0.497 e. The standard InChI is InChI=1S/C19H20ClN7O3S/c1-29-15-7-14(8-16(9-15)30-2)23-17(28)11-31-19-26-25-18(27(19)21)24-22-10-12-3-5-13(20)6-4-12/h3-10H,11,21H2,1-2H3,(H,23,28)(H,24,25)/b22-10+. The Hall–Kier alpha value is -3.44. The highest BCUT2D eigenvalue weighted by Crippen LogP contribution is 2.26. The van der Waals surface area contributed by atoms with E-state index in [1.165, 1.54) is 18.9 Å². The molecule has 0 saturated heterocycles. The van der Waals surface area contributed by atoms with Crippen LogP contribution in [0.1, 0.15) is 5.56 Å². The summed E-state index contributed by atoms with van der Waals surface area (Å²) >= 11 is 6.98. The number of rotatable bonds is 9. The molecule has 3 aromatic rings. The number of benzene rings is 2. The molecule has 0 aliphatic heterocycles. The molecule has 0 saturated carbocycles. The molecule has 10 nitrogen and oxygen atoms in total. The molecule has 1 amide bonds. The molecule has 2 aromatic carbocycles. The SMILES string of the molecule is COc1cc(NC(=O)CSc2nnc(N/N=C/c3ccc(Cl)cc3)n2N)cc(OC)c1. The van der Waals surface area contributed by atoms with Crippen LogP contribution in [0.2, 0.25) is 5.02 Å². The molecule has 31 heavy (non-hydrogen) atoms. The molecule has 0 unspecified atom stereocenters. The molecular formula is C19H20ClN7O3S. The predicted octanol–water partition coefficient (Wildman–Crippen LogP) is 2.84. The van der Waals surface area contributed by atoms with Gasteiger partial charge in [0.1, 0.15) is 11.5 Å². The molecule has 0 aliphatic carbocycles. The van der Waals surface area contributed by atoms with Crippen molar-refractivity contribution in [3.8, 4) is 11.5 Å².